The summed E-state index contributed by atoms with van der Waals surface area (Å²) in [6, 6.07) is 0. The van der Waals surface area contributed by atoms with E-state index in [4.69, 9.17) is 19.9 Å². The molecule has 9 nitrogen and oxygen atoms in total. The number of rotatable bonds is 17. The van der Waals surface area contributed by atoms with Crippen LogP contribution in [0.1, 0.15) is 72.1 Å². The molecule has 0 saturated heterocycles. The number of nitrogens with two attached hydrogens (primary N) is 1. The fourth-order valence-corrected chi connectivity index (χ4v) is 2.60. The zero-order valence-electron chi connectivity index (χ0n) is 18.2. The Labute approximate surface area is 174 Å². The Balaban J connectivity index is 5.21. The molecule has 0 aromatic heterocycles. The summed E-state index contributed by atoms with van der Waals surface area (Å²) in [5.41, 5.74) is 5.48. The van der Waals surface area contributed by atoms with Crippen LogP contribution in [0, 0.1) is 0 Å². The van der Waals surface area contributed by atoms with Gasteiger partial charge in [0.2, 0.25) is 5.90 Å². The molecule has 9 heteroatoms. The molecule has 0 fully saturated rings. The Morgan fingerprint density at radius 3 is 2.21 bits per heavy atom. The van der Waals surface area contributed by atoms with Gasteiger partial charge in [-0.05, 0) is 38.6 Å². The fraction of sp³-hybridized carbons (Fsp3) is 0.850. The molecule has 0 rings (SSSR count). The number of nitrogens with one attached hydrogen (secondary N) is 1. The summed E-state index contributed by atoms with van der Waals surface area (Å²) in [4.78, 5) is 23.9. The highest BCUT2D eigenvalue weighted by atomic mass is 16.6. The van der Waals surface area contributed by atoms with E-state index in [2.05, 4.69) is 10.5 Å². The molecular formula is C20H39N3O6. The average Bonchev–Trinajstić information content (AvgIpc) is 2.69. The Bertz CT molecular complexity index is 473. The fourth-order valence-electron chi connectivity index (χ4n) is 2.60. The van der Waals surface area contributed by atoms with Gasteiger partial charge in [0.1, 0.15) is 12.7 Å². The lowest BCUT2D eigenvalue weighted by Gasteiger charge is -2.28. The van der Waals surface area contributed by atoms with Gasteiger partial charge in [0, 0.05) is 32.4 Å². The molecule has 2 unspecified atom stereocenters. The summed E-state index contributed by atoms with van der Waals surface area (Å²) in [6.07, 6.45) is 2.93. The normalized spacial score (nSPS) is 13.6. The first-order chi connectivity index (χ1) is 14.0. The molecule has 0 aromatic rings. The van der Waals surface area contributed by atoms with Crippen molar-refractivity contribution in [2.24, 2.45) is 10.9 Å². The number of nitrogens with zero attached hydrogens (tertiary/aromatic N) is 1. The van der Waals surface area contributed by atoms with E-state index in [1.165, 1.54) is 0 Å². The van der Waals surface area contributed by atoms with E-state index < -0.39 is 12.2 Å². The topological polar surface area (TPSA) is 132 Å². The van der Waals surface area contributed by atoms with Crippen molar-refractivity contribution in [3.8, 4) is 0 Å². The van der Waals surface area contributed by atoms with Gasteiger partial charge in [-0.2, -0.15) is 0 Å². The van der Waals surface area contributed by atoms with Crippen LogP contribution >= 0.6 is 0 Å². The summed E-state index contributed by atoms with van der Waals surface area (Å²) in [5.74, 6) is -0.558. The molecule has 170 valence electrons. The van der Waals surface area contributed by atoms with Crippen LogP contribution in [-0.2, 0) is 23.8 Å². The van der Waals surface area contributed by atoms with E-state index in [1.54, 1.807) is 0 Å². The molecule has 0 aromatic carbocycles. The second kappa shape index (κ2) is 18.2. The largest absolute Gasteiger partial charge is 0.471 e. The van der Waals surface area contributed by atoms with Crippen LogP contribution in [-0.4, -0.2) is 61.5 Å². The van der Waals surface area contributed by atoms with Gasteiger partial charge in [-0.25, -0.2) is 0 Å². The first kappa shape index (κ1) is 27.1. The van der Waals surface area contributed by atoms with Crippen LogP contribution in [0.4, 0.5) is 0 Å². The number of esters is 2. The first-order valence-electron chi connectivity index (χ1n) is 10.7. The second-order valence-electron chi connectivity index (χ2n) is 6.79. The number of oxime groups is 1. The smallest absolute Gasteiger partial charge is 0.306 e. The van der Waals surface area contributed by atoms with Gasteiger partial charge in [-0.3, -0.25) is 9.59 Å². The van der Waals surface area contributed by atoms with E-state index in [0.29, 0.717) is 51.7 Å². The van der Waals surface area contributed by atoms with Gasteiger partial charge in [0.15, 0.2) is 6.10 Å². The average molecular weight is 418 g/mol. The molecule has 0 saturated carbocycles. The zero-order chi connectivity index (χ0) is 21.9. The highest BCUT2D eigenvalue weighted by molar-refractivity contribution is 5.75. The van der Waals surface area contributed by atoms with Crippen molar-refractivity contribution in [1.82, 2.24) is 5.32 Å². The third-order valence-corrected chi connectivity index (χ3v) is 4.04. The lowest BCUT2D eigenvalue weighted by atomic mass is 10.1. The molecule has 4 N–H and O–H groups in total. The summed E-state index contributed by atoms with van der Waals surface area (Å²) in [5, 5.41) is 15.6. The molecular weight excluding hydrogens is 378 g/mol. The standard InChI is InChI=1S/C20H39N3O6/c1-4-8-18(23-26)28-16(11-7-13-22-14-12-21)17(29-20(25)10-6-3)15-27-19(24)9-5-2/h16-17,22,26H,4-15,21H2,1-3H3. The lowest BCUT2D eigenvalue weighted by molar-refractivity contribution is -0.166. The van der Waals surface area contributed by atoms with Crippen LogP contribution < -0.4 is 11.1 Å². The molecule has 0 spiro atoms. The van der Waals surface area contributed by atoms with Gasteiger partial charge in [-0.1, -0.05) is 25.9 Å². The van der Waals surface area contributed by atoms with E-state index in [-0.39, 0.29) is 30.9 Å². The molecule has 0 bridgehead atoms. The molecule has 0 aliphatic carbocycles. The first-order valence-corrected chi connectivity index (χ1v) is 10.7. The minimum Gasteiger partial charge on any atom is -0.471 e. The summed E-state index contributed by atoms with van der Waals surface area (Å²) in [6.45, 7) is 7.56. The van der Waals surface area contributed by atoms with Crippen LogP contribution in [0.25, 0.3) is 0 Å². The maximum Gasteiger partial charge on any atom is 0.306 e. The highest BCUT2D eigenvalue weighted by Gasteiger charge is 2.29. The second-order valence-corrected chi connectivity index (χ2v) is 6.79. The SMILES string of the molecule is CCCC(=O)OCC(OC(=O)CCC)C(CCCNCCN)OC(CCC)=NO. The number of carbonyl (C=O) groups excluding carboxylic acids is 2. The van der Waals surface area contributed by atoms with E-state index in [9.17, 15) is 14.8 Å². The quantitative estimate of drug-likeness (QED) is 0.0820. The van der Waals surface area contributed by atoms with Crippen LogP contribution in [0.3, 0.4) is 0 Å². The predicted molar refractivity (Wildman–Crippen MR) is 111 cm³/mol. The minimum atomic E-state index is -0.780. The van der Waals surface area contributed by atoms with Crippen molar-refractivity contribution < 1.29 is 29.0 Å². The van der Waals surface area contributed by atoms with E-state index >= 15 is 0 Å². The molecule has 2 atom stereocenters. The maximum atomic E-state index is 12.1. The Hall–Kier alpha value is -1.87. The number of hydrogen-bond donors (Lipinski definition) is 3. The minimum absolute atomic E-state index is 0.0972. The number of carbonyl (C=O) groups is 2. The Kier molecular flexibility index (Phi) is 17.0. The predicted octanol–water partition coefficient (Wildman–Crippen LogP) is 2.34. The third-order valence-electron chi connectivity index (χ3n) is 4.04. The Morgan fingerprint density at radius 1 is 0.966 bits per heavy atom. The van der Waals surface area contributed by atoms with Crippen molar-refractivity contribution in [2.75, 3.05) is 26.2 Å². The third kappa shape index (κ3) is 13.9. The Morgan fingerprint density at radius 2 is 1.62 bits per heavy atom. The van der Waals surface area contributed by atoms with E-state index in [1.807, 2.05) is 20.8 Å². The van der Waals surface area contributed by atoms with E-state index in [0.717, 1.165) is 12.8 Å². The van der Waals surface area contributed by atoms with Gasteiger partial charge < -0.3 is 30.5 Å². The van der Waals surface area contributed by atoms with Crippen molar-refractivity contribution in [3.63, 3.8) is 0 Å². The van der Waals surface area contributed by atoms with Gasteiger partial charge >= 0.3 is 11.9 Å². The zero-order valence-corrected chi connectivity index (χ0v) is 18.2. The molecule has 0 amide bonds. The maximum absolute atomic E-state index is 12.1. The molecule has 0 radical (unpaired) electrons. The monoisotopic (exact) mass is 417 g/mol. The summed E-state index contributed by atoms with van der Waals surface area (Å²) in [7, 11) is 0. The molecule has 29 heavy (non-hydrogen) atoms. The van der Waals surface area contributed by atoms with Crippen molar-refractivity contribution >= 4 is 17.8 Å². The van der Waals surface area contributed by atoms with Crippen LogP contribution in [0.2, 0.25) is 0 Å². The van der Waals surface area contributed by atoms with Crippen molar-refractivity contribution in [3.05, 3.63) is 0 Å². The van der Waals surface area contributed by atoms with Crippen molar-refractivity contribution in [2.45, 2.75) is 84.3 Å². The lowest BCUT2D eigenvalue weighted by Crippen LogP contribution is -2.40. The van der Waals surface area contributed by atoms with Gasteiger partial charge in [0.25, 0.3) is 0 Å². The van der Waals surface area contributed by atoms with Crippen LogP contribution in [0.15, 0.2) is 5.16 Å². The summed E-state index contributed by atoms with van der Waals surface area (Å²) < 4.78 is 16.7. The molecule has 0 aliphatic heterocycles. The summed E-state index contributed by atoms with van der Waals surface area (Å²) >= 11 is 0. The van der Waals surface area contributed by atoms with Gasteiger partial charge in [0.05, 0.1) is 0 Å². The number of hydrogen-bond acceptors (Lipinski definition) is 9. The highest BCUT2D eigenvalue weighted by Crippen LogP contribution is 2.16. The van der Waals surface area contributed by atoms with Gasteiger partial charge in [-0.15, -0.1) is 0 Å². The molecule has 0 heterocycles. The van der Waals surface area contributed by atoms with Crippen molar-refractivity contribution in [1.29, 1.82) is 0 Å². The molecule has 0 aliphatic rings. The van der Waals surface area contributed by atoms with Crippen LogP contribution in [0.5, 0.6) is 0 Å². The number of ether oxygens (including phenoxy) is 3.